The molecule has 1 fully saturated rings. The largest absolute Gasteiger partial charge is 0.368 e. The number of carbonyl (C=O) groups excluding carboxylic acids is 1. The van der Waals surface area contributed by atoms with E-state index in [4.69, 9.17) is 4.74 Å². The predicted octanol–water partition coefficient (Wildman–Crippen LogP) is 2.48. The third-order valence-electron chi connectivity index (χ3n) is 3.25. The molecule has 1 heterocycles. The number of ether oxygens (including phenoxy) is 1. The van der Waals surface area contributed by atoms with Gasteiger partial charge in [0.15, 0.2) is 0 Å². The fourth-order valence-electron chi connectivity index (χ4n) is 2.06. The molecule has 1 saturated heterocycles. The predicted molar refractivity (Wildman–Crippen MR) is 68.8 cm³/mol. The van der Waals surface area contributed by atoms with Gasteiger partial charge < -0.3 is 10.1 Å². The van der Waals surface area contributed by atoms with Gasteiger partial charge in [-0.1, -0.05) is 42.6 Å². The molecule has 1 aliphatic heterocycles. The van der Waals surface area contributed by atoms with Crippen molar-refractivity contribution in [2.45, 2.75) is 50.5 Å². The maximum absolute atomic E-state index is 11.7. The average molecular weight is 292 g/mol. The van der Waals surface area contributed by atoms with Gasteiger partial charge in [0.05, 0.1) is 0 Å². The van der Waals surface area contributed by atoms with Crippen LogP contribution in [-0.2, 0) is 9.53 Å². The molecule has 1 N–H and O–H groups in total. The van der Waals surface area contributed by atoms with E-state index in [1.54, 1.807) is 0 Å². The first kappa shape index (κ1) is 14.0. The molecule has 1 rings (SSSR count). The van der Waals surface area contributed by atoms with E-state index in [9.17, 15) is 4.79 Å². The summed E-state index contributed by atoms with van der Waals surface area (Å²) in [4.78, 5) is 12.1. The Labute approximate surface area is 106 Å². The van der Waals surface area contributed by atoms with Gasteiger partial charge in [0.2, 0.25) is 5.91 Å². The van der Waals surface area contributed by atoms with Crippen LogP contribution >= 0.6 is 15.9 Å². The van der Waals surface area contributed by atoms with Crippen molar-refractivity contribution < 1.29 is 9.53 Å². The second-order valence-electron chi connectivity index (χ2n) is 4.34. The normalized spacial score (nSPS) is 22.4. The molecule has 16 heavy (non-hydrogen) atoms. The highest BCUT2D eigenvalue weighted by atomic mass is 79.9. The van der Waals surface area contributed by atoms with E-state index in [-0.39, 0.29) is 12.0 Å². The number of amides is 1. The number of alkyl halides is 1. The van der Waals surface area contributed by atoms with Crippen molar-refractivity contribution in [2.75, 3.05) is 13.2 Å². The molecule has 0 radical (unpaired) electrons. The number of carbonyl (C=O) groups is 1. The summed E-state index contributed by atoms with van der Waals surface area (Å²) in [5.74, 6) is 0.678. The highest BCUT2D eigenvalue weighted by Crippen LogP contribution is 2.19. The zero-order valence-electron chi connectivity index (χ0n) is 10.2. The van der Waals surface area contributed by atoms with Gasteiger partial charge in [0.25, 0.3) is 0 Å². The first-order chi connectivity index (χ1) is 7.69. The maximum Gasteiger partial charge on any atom is 0.249 e. The van der Waals surface area contributed by atoms with Crippen LogP contribution in [0.4, 0.5) is 0 Å². The minimum Gasteiger partial charge on any atom is -0.368 e. The minimum absolute atomic E-state index is 0.0490. The summed E-state index contributed by atoms with van der Waals surface area (Å²) >= 11 is 3.65. The quantitative estimate of drug-likeness (QED) is 0.764. The van der Waals surface area contributed by atoms with E-state index in [1.807, 2.05) is 0 Å². The second-order valence-corrected chi connectivity index (χ2v) is 5.52. The fourth-order valence-corrected chi connectivity index (χ4v) is 2.97. The number of halogens is 1. The zero-order chi connectivity index (χ0) is 12.0. The number of nitrogens with one attached hydrogen (secondary N) is 1. The summed E-state index contributed by atoms with van der Waals surface area (Å²) in [6.07, 6.45) is 3.94. The molecule has 0 saturated carbocycles. The molecule has 4 heteroatoms. The molecule has 1 amide bonds. The van der Waals surface area contributed by atoms with Crippen molar-refractivity contribution in [3.63, 3.8) is 0 Å². The van der Waals surface area contributed by atoms with Crippen LogP contribution in [0.3, 0.4) is 0 Å². The van der Waals surface area contributed by atoms with Crippen LogP contribution in [0.2, 0.25) is 0 Å². The van der Waals surface area contributed by atoms with Gasteiger partial charge >= 0.3 is 0 Å². The first-order valence-corrected chi connectivity index (χ1v) is 7.14. The molecule has 0 aromatic heterocycles. The topological polar surface area (TPSA) is 38.3 Å². The average Bonchev–Trinajstić information content (AvgIpc) is 2.81. The van der Waals surface area contributed by atoms with Gasteiger partial charge in [-0.15, -0.1) is 0 Å². The zero-order valence-corrected chi connectivity index (χ0v) is 11.8. The van der Waals surface area contributed by atoms with Crippen LogP contribution in [-0.4, -0.2) is 30.0 Å². The molecular weight excluding hydrogens is 270 g/mol. The Balaban J connectivity index is 2.24. The number of hydrogen-bond acceptors (Lipinski definition) is 2. The van der Waals surface area contributed by atoms with Gasteiger partial charge in [-0.25, -0.2) is 0 Å². The summed E-state index contributed by atoms with van der Waals surface area (Å²) in [5, 5.41) is 2.96. The third kappa shape index (κ3) is 4.06. The molecule has 1 aliphatic rings. The Morgan fingerprint density at radius 1 is 1.50 bits per heavy atom. The molecule has 2 unspecified atom stereocenters. The van der Waals surface area contributed by atoms with Crippen molar-refractivity contribution in [3.05, 3.63) is 0 Å². The molecule has 2 atom stereocenters. The summed E-state index contributed by atoms with van der Waals surface area (Å²) in [6.45, 7) is 5.79. The van der Waals surface area contributed by atoms with Crippen molar-refractivity contribution in [2.24, 2.45) is 5.92 Å². The van der Waals surface area contributed by atoms with Crippen molar-refractivity contribution >= 4 is 21.8 Å². The lowest BCUT2D eigenvalue weighted by molar-refractivity contribution is -0.130. The van der Waals surface area contributed by atoms with Crippen LogP contribution < -0.4 is 5.32 Å². The smallest absolute Gasteiger partial charge is 0.249 e. The SMILES string of the molecule is CCC(CC)C(Br)CNC(=O)C1CCCO1. The summed E-state index contributed by atoms with van der Waals surface area (Å²) in [6, 6.07) is 0. The van der Waals surface area contributed by atoms with E-state index in [2.05, 4.69) is 35.1 Å². The van der Waals surface area contributed by atoms with Crippen LogP contribution in [0.1, 0.15) is 39.5 Å². The van der Waals surface area contributed by atoms with E-state index in [0.29, 0.717) is 17.3 Å². The Morgan fingerprint density at radius 3 is 2.69 bits per heavy atom. The Morgan fingerprint density at radius 2 is 2.19 bits per heavy atom. The molecule has 94 valence electrons. The number of rotatable bonds is 6. The molecule has 0 aromatic rings. The van der Waals surface area contributed by atoms with E-state index in [1.165, 1.54) is 0 Å². The highest BCUT2D eigenvalue weighted by molar-refractivity contribution is 9.09. The van der Waals surface area contributed by atoms with Crippen LogP contribution in [0.5, 0.6) is 0 Å². The first-order valence-electron chi connectivity index (χ1n) is 6.22. The van der Waals surface area contributed by atoms with Crippen LogP contribution in [0, 0.1) is 5.92 Å². The maximum atomic E-state index is 11.7. The minimum atomic E-state index is -0.207. The van der Waals surface area contributed by atoms with Crippen molar-refractivity contribution in [3.8, 4) is 0 Å². The van der Waals surface area contributed by atoms with Crippen molar-refractivity contribution in [1.82, 2.24) is 5.32 Å². The molecule has 3 nitrogen and oxygen atoms in total. The van der Waals surface area contributed by atoms with Gasteiger partial charge in [0.1, 0.15) is 6.10 Å². The molecular formula is C12H22BrNO2. The summed E-state index contributed by atoms with van der Waals surface area (Å²) in [7, 11) is 0. The second kappa shape index (κ2) is 7.28. The Kier molecular flexibility index (Phi) is 6.36. The Hall–Kier alpha value is -0.0900. The van der Waals surface area contributed by atoms with E-state index in [0.717, 1.165) is 32.3 Å². The lowest BCUT2D eigenvalue weighted by atomic mass is 9.99. The Bertz CT molecular complexity index is 213. The molecule has 0 spiro atoms. The lowest BCUT2D eigenvalue weighted by Crippen LogP contribution is -2.39. The lowest BCUT2D eigenvalue weighted by Gasteiger charge is -2.20. The van der Waals surface area contributed by atoms with Gasteiger partial charge in [0, 0.05) is 18.0 Å². The number of hydrogen-bond donors (Lipinski definition) is 1. The van der Waals surface area contributed by atoms with Crippen LogP contribution in [0.25, 0.3) is 0 Å². The fraction of sp³-hybridized carbons (Fsp3) is 0.917. The van der Waals surface area contributed by atoms with Crippen molar-refractivity contribution in [1.29, 1.82) is 0 Å². The van der Waals surface area contributed by atoms with Gasteiger partial charge in [-0.2, -0.15) is 0 Å². The molecule has 0 aromatic carbocycles. The summed E-state index contributed by atoms with van der Waals surface area (Å²) in [5.41, 5.74) is 0. The van der Waals surface area contributed by atoms with Gasteiger partial charge in [-0.05, 0) is 18.8 Å². The van der Waals surface area contributed by atoms with Crippen LogP contribution in [0.15, 0.2) is 0 Å². The van der Waals surface area contributed by atoms with Gasteiger partial charge in [-0.3, -0.25) is 4.79 Å². The molecule has 0 bridgehead atoms. The molecule has 0 aliphatic carbocycles. The standard InChI is InChI=1S/C12H22BrNO2/c1-3-9(4-2)10(13)8-14-12(15)11-6-5-7-16-11/h9-11H,3-8H2,1-2H3,(H,14,15). The summed E-state index contributed by atoms with van der Waals surface area (Å²) < 4.78 is 5.33. The van der Waals surface area contributed by atoms with E-state index >= 15 is 0 Å². The monoisotopic (exact) mass is 291 g/mol. The highest BCUT2D eigenvalue weighted by Gasteiger charge is 2.24. The van der Waals surface area contributed by atoms with E-state index < -0.39 is 0 Å². The third-order valence-corrected chi connectivity index (χ3v) is 4.33.